The van der Waals surface area contributed by atoms with Crippen LogP contribution in [-0.4, -0.2) is 41.2 Å². The Bertz CT molecular complexity index is 543. The Kier molecular flexibility index (Phi) is 5.30. The maximum atomic E-state index is 12.2. The van der Waals surface area contributed by atoms with Crippen molar-refractivity contribution in [3.63, 3.8) is 0 Å². The number of carbonyl (C=O) groups excluding carboxylic acids is 1. The highest BCUT2D eigenvalue weighted by Crippen LogP contribution is 2.39. The molecule has 0 bridgehead atoms. The van der Waals surface area contributed by atoms with Gasteiger partial charge in [0.2, 0.25) is 0 Å². The molecular weight excluding hydrogens is 290 g/mol. The smallest absolute Gasteiger partial charge is 0.410 e. The van der Waals surface area contributed by atoms with Crippen molar-refractivity contribution in [2.75, 3.05) is 19.6 Å². The van der Waals surface area contributed by atoms with Crippen molar-refractivity contribution in [1.29, 1.82) is 0 Å². The molecule has 23 heavy (non-hydrogen) atoms. The minimum atomic E-state index is -0.458. The van der Waals surface area contributed by atoms with Crippen LogP contribution < -0.4 is 5.73 Å². The summed E-state index contributed by atoms with van der Waals surface area (Å²) in [7, 11) is 0. The average Bonchev–Trinajstić information content (AvgIpc) is 2.47. The van der Waals surface area contributed by atoms with E-state index in [4.69, 9.17) is 10.5 Å². The zero-order valence-electron chi connectivity index (χ0n) is 14.8. The van der Waals surface area contributed by atoms with Gasteiger partial charge in [0, 0.05) is 30.4 Å². The van der Waals surface area contributed by atoms with Crippen molar-refractivity contribution in [3.05, 3.63) is 29.6 Å². The lowest BCUT2D eigenvalue weighted by molar-refractivity contribution is 0.0157. The first-order valence-corrected chi connectivity index (χ1v) is 8.37. The second kappa shape index (κ2) is 6.87. The number of hydrogen-bond donors (Lipinski definition) is 1. The molecule has 0 aromatic carbocycles. The number of hydrogen-bond acceptors (Lipinski definition) is 4. The molecule has 0 atom stereocenters. The molecule has 1 amide bonds. The van der Waals surface area contributed by atoms with Gasteiger partial charge in [-0.1, -0.05) is 6.07 Å². The number of aromatic nitrogens is 1. The second-order valence-corrected chi connectivity index (χ2v) is 7.46. The number of ether oxygens (including phenoxy) is 1. The SMILES string of the molecule is Cc1cccnc1C1(CCN)CCN(C(=O)OC(C)(C)C)CC1. The van der Waals surface area contributed by atoms with Gasteiger partial charge < -0.3 is 15.4 Å². The molecule has 0 spiro atoms. The third-order valence-corrected chi connectivity index (χ3v) is 4.51. The van der Waals surface area contributed by atoms with Crippen molar-refractivity contribution < 1.29 is 9.53 Å². The van der Waals surface area contributed by atoms with Crippen LogP contribution in [0.4, 0.5) is 4.79 Å². The fourth-order valence-corrected chi connectivity index (χ4v) is 3.37. The quantitative estimate of drug-likeness (QED) is 0.930. The summed E-state index contributed by atoms with van der Waals surface area (Å²) in [6.45, 7) is 9.78. The summed E-state index contributed by atoms with van der Waals surface area (Å²) < 4.78 is 5.48. The van der Waals surface area contributed by atoms with Crippen LogP contribution in [0.3, 0.4) is 0 Å². The summed E-state index contributed by atoms with van der Waals surface area (Å²) in [6.07, 6.45) is 4.27. The van der Waals surface area contributed by atoms with E-state index in [9.17, 15) is 4.79 Å². The third-order valence-electron chi connectivity index (χ3n) is 4.51. The summed E-state index contributed by atoms with van der Waals surface area (Å²) in [5.41, 5.74) is 7.72. The van der Waals surface area contributed by atoms with E-state index in [1.165, 1.54) is 5.56 Å². The van der Waals surface area contributed by atoms with Gasteiger partial charge in [-0.3, -0.25) is 4.98 Å². The molecule has 5 heteroatoms. The van der Waals surface area contributed by atoms with Crippen molar-refractivity contribution in [1.82, 2.24) is 9.88 Å². The van der Waals surface area contributed by atoms with Crippen LogP contribution >= 0.6 is 0 Å². The summed E-state index contributed by atoms with van der Waals surface area (Å²) in [6, 6.07) is 4.06. The summed E-state index contributed by atoms with van der Waals surface area (Å²) >= 11 is 0. The van der Waals surface area contributed by atoms with Gasteiger partial charge in [-0.25, -0.2) is 4.79 Å². The number of aryl methyl sites for hydroxylation is 1. The van der Waals surface area contributed by atoms with Crippen LogP contribution in [0, 0.1) is 6.92 Å². The number of piperidine rings is 1. The lowest BCUT2D eigenvalue weighted by Crippen LogP contribution is -2.48. The lowest BCUT2D eigenvalue weighted by Gasteiger charge is -2.42. The summed E-state index contributed by atoms with van der Waals surface area (Å²) in [5, 5.41) is 0. The predicted octanol–water partition coefficient (Wildman–Crippen LogP) is 3.01. The fourth-order valence-electron chi connectivity index (χ4n) is 3.37. The fraction of sp³-hybridized carbons (Fsp3) is 0.667. The highest BCUT2D eigenvalue weighted by Gasteiger charge is 2.39. The first kappa shape index (κ1) is 17.7. The van der Waals surface area contributed by atoms with Crippen molar-refractivity contribution >= 4 is 6.09 Å². The topological polar surface area (TPSA) is 68.5 Å². The van der Waals surface area contributed by atoms with Gasteiger partial charge in [0.25, 0.3) is 0 Å². The van der Waals surface area contributed by atoms with Gasteiger partial charge in [-0.05, 0) is 65.1 Å². The third kappa shape index (κ3) is 4.22. The van der Waals surface area contributed by atoms with E-state index in [1.54, 1.807) is 4.90 Å². The monoisotopic (exact) mass is 319 g/mol. The molecule has 0 saturated carbocycles. The molecule has 1 saturated heterocycles. The average molecular weight is 319 g/mol. The molecular formula is C18H29N3O2. The Balaban J connectivity index is 2.12. The highest BCUT2D eigenvalue weighted by atomic mass is 16.6. The Morgan fingerprint density at radius 2 is 2.04 bits per heavy atom. The Labute approximate surface area is 139 Å². The Morgan fingerprint density at radius 1 is 1.39 bits per heavy atom. The summed E-state index contributed by atoms with van der Waals surface area (Å²) in [4.78, 5) is 18.7. The largest absolute Gasteiger partial charge is 0.444 e. The molecule has 1 aromatic rings. The lowest BCUT2D eigenvalue weighted by atomic mass is 9.71. The number of nitrogens with zero attached hydrogens (tertiary/aromatic N) is 2. The summed E-state index contributed by atoms with van der Waals surface area (Å²) in [5.74, 6) is 0. The van der Waals surface area contributed by atoms with E-state index in [-0.39, 0.29) is 11.5 Å². The van der Waals surface area contributed by atoms with E-state index in [0.717, 1.165) is 25.0 Å². The van der Waals surface area contributed by atoms with E-state index in [2.05, 4.69) is 18.0 Å². The number of carbonyl (C=O) groups is 1. The van der Waals surface area contributed by atoms with Gasteiger partial charge in [0.05, 0.1) is 0 Å². The highest BCUT2D eigenvalue weighted by molar-refractivity contribution is 5.68. The molecule has 2 N–H and O–H groups in total. The van der Waals surface area contributed by atoms with Crippen LogP contribution in [0.15, 0.2) is 18.3 Å². The van der Waals surface area contributed by atoms with E-state index >= 15 is 0 Å². The normalized spacial score (nSPS) is 17.9. The van der Waals surface area contributed by atoms with Crippen LogP contribution in [0.1, 0.15) is 51.3 Å². The zero-order valence-corrected chi connectivity index (χ0v) is 14.8. The molecule has 0 radical (unpaired) electrons. The van der Waals surface area contributed by atoms with Gasteiger partial charge in [-0.15, -0.1) is 0 Å². The Morgan fingerprint density at radius 3 is 2.57 bits per heavy atom. The van der Waals surface area contributed by atoms with Crippen molar-refractivity contribution in [2.45, 2.75) is 58.0 Å². The van der Waals surface area contributed by atoms with Crippen LogP contribution in [-0.2, 0) is 10.2 Å². The molecule has 5 nitrogen and oxygen atoms in total. The maximum absolute atomic E-state index is 12.2. The number of nitrogens with two attached hydrogens (primary N) is 1. The molecule has 128 valence electrons. The standard InChI is InChI=1S/C18H29N3O2/c1-14-6-5-11-20-15(14)18(7-10-19)8-12-21(13-9-18)16(22)23-17(2,3)4/h5-6,11H,7-10,12-13,19H2,1-4H3. The van der Waals surface area contributed by atoms with E-state index in [1.807, 2.05) is 33.0 Å². The number of pyridine rings is 1. The predicted molar refractivity (Wildman–Crippen MR) is 91.4 cm³/mol. The van der Waals surface area contributed by atoms with Crippen molar-refractivity contribution in [2.24, 2.45) is 5.73 Å². The second-order valence-electron chi connectivity index (χ2n) is 7.46. The van der Waals surface area contributed by atoms with Gasteiger partial charge in [-0.2, -0.15) is 0 Å². The first-order chi connectivity index (χ1) is 10.8. The molecule has 0 aliphatic carbocycles. The number of amides is 1. The molecule has 1 aliphatic heterocycles. The number of rotatable bonds is 3. The molecule has 1 fully saturated rings. The van der Waals surface area contributed by atoms with Gasteiger partial charge in [0.1, 0.15) is 5.60 Å². The van der Waals surface area contributed by atoms with Crippen LogP contribution in [0.2, 0.25) is 0 Å². The van der Waals surface area contributed by atoms with E-state index < -0.39 is 5.60 Å². The molecule has 2 rings (SSSR count). The van der Waals surface area contributed by atoms with E-state index in [0.29, 0.717) is 19.6 Å². The minimum Gasteiger partial charge on any atom is -0.444 e. The molecule has 0 unspecified atom stereocenters. The first-order valence-electron chi connectivity index (χ1n) is 8.37. The number of likely N-dealkylation sites (tertiary alicyclic amines) is 1. The van der Waals surface area contributed by atoms with Crippen LogP contribution in [0.5, 0.6) is 0 Å². The van der Waals surface area contributed by atoms with Crippen molar-refractivity contribution in [3.8, 4) is 0 Å². The van der Waals surface area contributed by atoms with Gasteiger partial charge in [0.15, 0.2) is 0 Å². The minimum absolute atomic E-state index is 0.0292. The molecule has 2 heterocycles. The zero-order chi connectivity index (χ0) is 17.1. The molecule has 1 aromatic heterocycles. The van der Waals surface area contributed by atoms with Crippen LogP contribution in [0.25, 0.3) is 0 Å². The Hall–Kier alpha value is -1.62. The molecule has 1 aliphatic rings. The van der Waals surface area contributed by atoms with Gasteiger partial charge >= 0.3 is 6.09 Å². The maximum Gasteiger partial charge on any atom is 0.410 e.